The highest BCUT2D eigenvalue weighted by atomic mass is 35.5. The van der Waals surface area contributed by atoms with Gasteiger partial charge in [0.05, 0.1) is 17.8 Å². The fraction of sp³-hybridized carbons (Fsp3) is 0.304. The molecule has 0 fully saturated rings. The van der Waals surface area contributed by atoms with Gasteiger partial charge in [-0.2, -0.15) is 39.5 Å². The molecule has 2 amide bonds. The molecule has 0 aliphatic carbocycles. The number of alkyl halides is 9. The second kappa shape index (κ2) is 10.6. The summed E-state index contributed by atoms with van der Waals surface area (Å²) < 4.78 is 119. The van der Waals surface area contributed by atoms with Crippen LogP contribution < -0.4 is 16.1 Å². The number of halogens is 10. The van der Waals surface area contributed by atoms with E-state index in [2.05, 4.69) is 10.8 Å². The average molecular weight is 590 g/mol. The van der Waals surface area contributed by atoms with Gasteiger partial charge in [-0.05, 0) is 54.5 Å². The van der Waals surface area contributed by atoms with Gasteiger partial charge in [-0.1, -0.05) is 17.7 Å². The maximum Gasteiger partial charge on any atom is 0.428 e. The number of benzene rings is 2. The third-order valence-electron chi connectivity index (χ3n) is 5.42. The Morgan fingerprint density at radius 3 is 2.21 bits per heavy atom. The Bertz CT molecular complexity index is 1310. The number of carbonyl (C=O) groups is 2. The first-order chi connectivity index (χ1) is 17.8. The zero-order valence-electron chi connectivity index (χ0n) is 19.5. The van der Waals surface area contributed by atoms with E-state index < -0.39 is 65.2 Å². The minimum absolute atomic E-state index is 0.0476. The van der Waals surface area contributed by atoms with Crippen molar-refractivity contribution in [3.05, 3.63) is 75.3 Å². The summed E-state index contributed by atoms with van der Waals surface area (Å²) in [4.78, 5) is 28.6. The molecule has 2 aromatic carbocycles. The van der Waals surface area contributed by atoms with Crippen LogP contribution in [0.1, 0.15) is 32.6 Å². The number of hydrogen-bond acceptors (Lipinski definition) is 4. The Morgan fingerprint density at radius 2 is 1.64 bits per heavy atom. The highest BCUT2D eigenvalue weighted by molar-refractivity contribution is 6.30. The molecule has 39 heavy (non-hydrogen) atoms. The number of carbonyl (C=O) groups excluding carboxylic acids is 2. The molecule has 1 heterocycles. The summed E-state index contributed by atoms with van der Waals surface area (Å²) in [5.41, 5.74) is -3.74. The number of amides is 2. The van der Waals surface area contributed by atoms with Crippen LogP contribution in [-0.2, 0) is 21.4 Å². The van der Waals surface area contributed by atoms with E-state index in [1.165, 1.54) is 25.1 Å². The molecule has 6 nitrogen and oxygen atoms in total. The van der Waals surface area contributed by atoms with E-state index in [0.717, 1.165) is 0 Å². The molecule has 212 valence electrons. The number of rotatable bonds is 6. The molecule has 0 aromatic heterocycles. The Labute approximate surface area is 219 Å². The summed E-state index contributed by atoms with van der Waals surface area (Å²) in [7, 11) is 0. The molecule has 1 atom stereocenters. The van der Waals surface area contributed by atoms with Crippen LogP contribution in [0.2, 0.25) is 5.02 Å². The molecule has 16 heteroatoms. The minimum atomic E-state index is -5.24. The summed E-state index contributed by atoms with van der Waals surface area (Å²) >= 11 is 5.67. The summed E-state index contributed by atoms with van der Waals surface area (Å²) in [6, 6.07) is 5.05. The van der Waals surface area contributed by atoms with Crippen molar-refractivity contribution in [1.82, 2.24) is 16.1 Å². The maximum atomic E-state index is 14.2. The third kappa shape index (κ3) is 6.95. The second-order valence-electron chi connectivity index (χ2n) is 8.33. The summed E-state index contributed by atoms with van der Waals surface area (Å²) in [6.07, 6.45) is -14.3. The molecule has 3 N–H and O–H groups in total. The van der Waals surface area contributed by atoms with Gasteiger partial charge >= 0.3 is 18.5 Å². The van der Waals surface area contributed by atoms with E-state index in [9.17, 15) is 49.1 Å². The topological polar surface area (TPSA) is 79.5 Å². The highest BCUT2D eigenvalue weighted by Gasteiger charge is 2.60. The van der Waals surface area contributed by atoms with Gasteiger partial charge in [0, 0.05) is 16.1 Å². The van der Waals surface area contributed by atoms with E-state index in [-0.39, 0.29) is 28.5 Å². The van der Waals surface area contributed by atoms with Crippen LogP contribution in [0.4, 0.5) is 39.5 Å². The Balaban J connectivity index is 1.87. The Morgan fingerprint density at radius 1 is 0.974 bits per heavy atom. The smallest absolute Gasteiger partial charge is 0.345 e. The number of hydrogen-bond donors (Lipinski definition) is 3. The van der Waals surface area contributed by atoms with Crippen molar-refractivity contribution < 1.29 is 53.9 Å². The van der Waals surface area contributed by atoms with Crippen LogP contribution >= 0.6 is 11.6 Å². The first kappa shape index (κ1) is 30.1. The SMILES string of the molecule is Cc1cc(C2=CC(c3cc(Cl)cc(C(F)(F)F)c3)(C(F)(F)F)ON2)ccc1C(=O)NCC(=O)NCC(F)(F)F. The lowest BCUT2D eigenvalue weighted by atomic mass is 9.90. The Kier molecular flexibility index (Phi) is 8.18. The zero-order valence-corrected chi connectivity index (χ0v) is 20.2. The first-order valence-electron chi connectivity index (χ1n) is 10.7. The summed E-state index contributed by atoms with van der Waals surface area (Å²) in [5, 5.41) is 3.08. The quantitative estimate of drug-likeness (QED) is 0.394. The molecule has 0 bridgehead atoms. The lowest BCUT2D eigenvalue weighted by molar-refractivity contribution is -0.269. The predicted octanol–water partition coefficient (Wildman–Crippen LogP) is 5.41. The molecule has 2 aromatic rings. The van der Waals surface area contributed by atoms with Crippen LogP contribution in [-0.4, -0.2) is 37.3 Å². The molecule has 0 saturated heterocycles. The van der Waals surface area contributed by atoms with Gasteiger partial charge < -0.3 is 10.6 Å². The van der Waals surface area contributed by atoms with E-state index in [4.69, 9.17) is 16.4 Å². The predicted molar refractivity (Wildman–Crippen MR) is 119 cm³/mol. The molecular formula is C23H17ClF9N3O3. The number of hydroxylamine groups is 1. The highest BCUT2D eigenvalue weighted by Crippen LogP contribution is 2.49. The van der Waals surface area contributed by atoms with Crippen molar-refractivity contribution in [2.75, 3.05) is 13.1 Å². The van der Waals surface area contributed by atoms with Crippen LogP contribution in [0.15, 0.2) is 42.5 Å². The van der Waals surface area contributed by atoms with Crippen LogP contribution in [0.3, 0.4) is 0 Å². The molecular weight excluding hydrogens is 573 g/mol. The summed E-state index contributed by atoms with van der Waals surface area (Å²) in [5.74, 6) is -1.96. The fourth-order valence-corrected chi connectivity index (χ4v) is 3.79. The van der Waals surface area contributed by atoms with Crippen molar-refractivity contribution in [3.8, 4) is 0 Å². The maximum absolute atomic E-state index is 14.2. The van der Waals surface area contributed by atoms with Gasteiger partial charge in [-0.15, -0.1) is 0 Å². The lowest BCUT2D eigenvalue weighted by Crippen LogP contribution is -2.42. The van der Waals surface area contributed by atoms with E-state index >= 15 is 0 Å². The van der Waals surface area contributed by atoms with E-state index in [1.54, 1.807) is 5.32 Å². The minimum Gasteiger partial charge on any atom is -0.345 e. The van der Waals surface area contributed by atoms with Crippen molar-refractivity contribution in [2.24, 2.45) is 0 Å². The molecule has 0 spiro atoms. The van der Waals surface area contributed by atoms with Crippen LogP contribution in [0, 0.1) is 6.92 Å². The van der Waals surface area contributed by atoms with Gasteiger partial charge in [-0.25, -0.2) is 0 Å². The average Bonchev–Trinajstić information content (AvgIpc) is 3.27. The standard InChI is InChI=1S/C23H17ClF9N3O3/c1-11-4-12(2-3-16(11)19(38)34-9-18(37)35-10-21(25,26)27)17-8-20(39-36-17,23(31,32)33)13-5-14(22(28,29)30)7-15(24)6-13/h2-8,36H,9-10H2,1H3,(H,34,38)(H,35,37). The van der Waals surface area contributed by atoms with Crippen LogP contribution in [0.25, 0.3) is 5.70 Å². The lowest BCUT2D eigenvalue weighted by Gasteiger charge is -2.29. The molecule has 0 radical (unpaired) electrons. The van der Waals surface area contributed by atoms with Gasteiger partial charge in [-0.3, -0.25) is 19.9 Å². The fourth-order valence-electron chi connectivity index (χ4n) is 3.56. The van der Waals surface area contributed by atoms with Crippen molar-refractivity contribution in [2.45, 2.75) is 31.1 Å². The van der Waals surface area contributed by atoms with Gasteiger partial charge in [0.1, 0.15) is 6.54 Å². The molecule has 1 unspecified atom stereocenters. The van der Waals surface area contributed by atoms with Crippen LogP contribution in [0.5, 0.6) is 0 Å². The molecule has 1 aliphatic heterocycles. The Hall–Kier alpha value is -3.46. The van der Waals surface area contributed by atoms with Gasteiger partial charge in [0.2, 0.25) is 11.5 Å². The van der Waals surface area contributed by atoms with E-state index in [0.29, 0.717) is 18.2 Å². The summed E-state index contributed by atoms with van der Waals surface area (Å²) in [6.45, 7) is -0.974. The largest absolute Gasteiger partial charge is 0.428 e. The zero-order chi connectivity index (χ0) is 29.4. The molecule has 0 saturated carbocycles. The normalized spacial score (nSPS) is 17.9. The van der Waals surface area contributed by atoms with Crippen molar-refractivity contribution in [3.63, 3.8) is 0 Å². The monoisotopic (exact) mass is 589 g/mol. The van der Waals surface area contributed by atoms with Crippen molar-refractivity contribution >= 4 is 29.1 Å². The van der Waals surface area contributed by atoms with Crippen molar-refractivity contribution in [1.29, 1.82) is 0 Å². The number of nitrogens with one attached hydrogen (secondary N) is 3. The first-order valence-corrected chi connectivity index (χ1v) is 11.0. The molecule has 3 rings (SSSR count). The van der Waals surface area contributed by atoms with E-state index in [1.807, 2.05) is 0 Å². The van der Waals surface area contributed by atoms with Gasteiger partial charge in [0.25, 0.3) is 5.91 Å². The molecule has 1 aliphatic rings. The second-order valence-corrected chi connectivity index (χ2v) is 8.76. The van der Waals surface area contributed by atoms with Gasteiger partial charge in [0.15, 0.2) is 0 Å². The number of aryl methyl sites for hydroxylation is 1. The third-order valence-corrected chi connectivity index (χ3v) is 5.64.